The molecule has 0 atom stereocenters. The van der Waals surface area contributed by atoms with Gasteiger partial charge in [0.2, 0.25) is 0 Å². The minimum Gasteiger partial charge on any atom is -0.495 e. The van der Waals surface area contributed by atoms with Gasteiger partial charge in [0.15, 0.2) is 5.82 Å². The van der Waals surface area contributed by atoms with Crippen LogP contribution in [0.15, 0.2) is 22.7 Å². The number of aromatic nitrogens is 3. The number of allylic oxidation sites excluding steroid dienone is 2. The van der Waals surface area contributed by atoms with Crippen LogP contribution in [0.3, 0.4) is 0 Å². The van der Waals surface area contributed by atoms with Crippen LogP contribution in [0.25, 0.3) is 0 Å². The van der Waals surface area contributed by atoms with E-state index in [4.69, 9.17) is 27.9 Å². The summed E-state index contributed by atoms with van der Waals surface area (Å²) >= 11 is 12.8. The lowest BCUT2D eigenvalue weighted by Gasteiger charge is -2.09. The van der Waals surface area contributed by atoms with Gasteiger partial charge in [-0.2, -0.15) is 4.99 Å². The lowest BCUT2D eigenvalue weighted by Crippen LogP contribution is -2.14. The van der Waals surface area contributed by atoms with E-state index in [1.54, 1.807) is 17.9 Å². The number of aliphatic imine (C=N–C) groups is 1. The van der Waals surface area contributed by atoms with Crippen LogP contribution < -0.4 is 15.5 Å². The van der Waals surface area contributed by atoms with E-state index in [-0.39, 0.29) is 0 Å². The van der Waals surface area contributed by atoms with E-state index in [1.807, 2.05) is 14.0 Å². The molecule has 1 aliphatic heterocycles. The lowest BCUT2D eigenvalue weighted by molar-refractivity contribution is 0.415. The number of hydrogen-bond donors (Lipinski definition) is 2. The molecule has 0 amide bonds. The standard InChI is InChI=1S/C18H22Cl2N6O/c1-5-10(6-2)7-15-24-25-18(26(15)21-3)23-14-8-11-16(20)13(27-4)9-12(19)17(11)22-14/h5,9,21H,6-8H2,1-4H3,(H,22,23,25)/b10-5+. The second-order valence-corrected chi connectivity index (χ2v) is 6.83. The second kappa shape index (κ2) is 8.19. The van der Waals surface area contributed by atoms with Gasteiger partial charge in [0, 0.05) is 31.5 Å². The number of benzene rings is 1. The number of hydrogen-bond acceptors (Lipinski definition) is 5. The van der Waals surface area contributed by atoms with Crippen molar-refractivity contribution in [2.24, 2.45) is 4.99 Å². The normalized spacial score (nSPS) is 15.0. The first-order valence-electron chi connectivity index (χ1n) is 8.67. The van der Waals surface area contributed by atoms with Crippen molar-refractivity contribution >= 4 is 40.7 Å². The van der Waals surface area contributed by atoms with Crippen LogP contribution in [-0.2, 0) is 12.8 Å². The second-order valence-electron chi connectivity index (χ2n) is 6.04. The summed E-state index contributed by atoms with van der Waals surface area (Å²) in [5, 5.41) is 12.8. The van der Waals surface area contributed by atoms with Crippen LogP contribution in [-0.4, -0.2) is 34.9 Å². The predicted molar refractivity (Wildman–Crippen MR) is 110 cm³/mol. The van der Waals surface area contributed by atoms with Gasteiger partial charge in [0.1, 0.15) is 11.6 Å². The Morgan fingerprint density at radius 3 is 2.85 bits per heavy atom. The van der Waals surface area contributed by atoms with Crippen molar-refractivity contribution in [1.29, 1.82) is 0 Å². The van der Waals surface area contributed by atoms with Gasteiger partial charge in [-0.3, -0.25) is 0 Å². The highest BCUT2D eigenvalue weighted by Gasteiger charge is 2.25. The van der Waals surface area contributed by atoms with E-state index in [0.29, 0.717) is 40.4 Å². The molecule has 7 nitrogen and oxygen atoms in total. The molecule has 27 heavy (non-hydrogen) atoms. The van der Waals surface area contributed by atoms with Gasteiger partial charge in [0.25, 0.3) is 5.95 Å². The molecule has 1 aliphatic rings. The number of rotatable bonds is 6. The fourth-order valence-electron chi connectivity index (χ4n) is 3.00. The topological polar surface area (TPSA) is 76.4 Å². The summed E-state index contributed by atoms with van der Waals surface area (Å²) in [5.74, 6) is 2.51. The number of halogens is 2. The quantitative estimate of drug-likeness (QED) is 0.694. The van der Waals surface area contributed by atoms with Crippen molar-refractivity contribution in [2.75, 3.05) is 24.9 Å². The molecular formula is C18H22Cl2N6O. The highest BCUT2D eigenvalue weighted by atomic mass is 35.5. The van der Waals surface area contributed by atoms with E-state index >= 15 is 0 Å². The summed E-state index contributed by atoms with van der Waals surface area (Å²) in [7, 11) is 3.38. The van der Waals surface area contributed by atoms with Crippen LogP contribution in [0.4, 0.5) is 11.6 Å². The summed E-state index contributed by atoms with van der Waals surface area (Å²) in [5.41, 5.74) is 5.99. The molecule has 0 radical (unpaired) electrons. The van der Waals surface area contributed by atoms with Crippen molar-refractivity contribution in [3.63, 3.8) is 0 Å². The number of nitrogens with one attached hydrogen (secondary N) is 2. The monoisotopic (exact) mass is 408 g/mol. The maximum atomic E-state index is 6.42. The molecule has 9 heteroatoms. The van der Waals surface area contributed by atoms with Gasteiger partial charge in [-0.25, -0.2) is 4.68 Å². The maximum absolute atomic E-state index is 6.42. The van der Waals surface area contributed by atoms with E-state index in [1.165, 1.54) is 5.57 Å². The van der Waals surface area contributed by atoms with Crippen LogP contribution in [0.2, 0.25) is 10.0 Å². The van der Waals surface area contributed by atoms with Crippen molar-refractivity contribution < 1.29 is 4.74 Å². The summed E-state index contributed by atoms with van der Waals surface area (Å²) in [6, 6.07) is 1.69. The number of amidine groups is 1. The van der Waals surface area contributed by atoms with Gasteiger partial charge in [0.05, 0.1) is 22.8 Å². The van der Waals surface area contributed by atoms with E-state index in [9.17, 15) is 0 Å². The average molecular weight is 409 g/mol. The predicted octanol–water partition coefficient (Wildman–Crippen LogP) is 4.36. The molecular weight excluding hydrogens is 387 g/mol. The molecule has 0 saturated carbocycles. The SMILES string of the molecule is C/C=C(\CC)Cc1nnc(/N=C2\Cc3c(Cl)c(OC)cc(Cl)c3N2)n1NC. The van der Waals surface area contributed by atoms with E-state index in [0.717, 1.165) is 23.5 Å². The highest BCUT2D eigenvalue weighted by molar-refractivity contribution is 6.38. The van der Waals surface area contributed by atoms with Gasteiger partial charge >= 0.3 is 0 Å². The smallest absolute Gasteiger partial charge is 0.271 e. The molecule has 144 valence electrons. The Labute approximate surface area is 168 Å². The van der Waals surface area contributed by atoms with Crippen LogP contribution >= 0.6 is 23.2 Å². The minimum atomic E-state index is 0.466. The van der Waals surface area contributed by atoms with Crippen molar-refractivity contribution in [3.8, 4) is 5.75 Å². The van der Waals surface area contributed by atoms with Crippen molar-refractivity contribution in [2.45, 2.75) is 33.1 Å². The number of ether oxygens (including phenoxy) is 1. The van der Waals surface area contributed by atoms with Crippen LogP contribution in [0.5, 0.6) is 5.75 Å². The summed E-state index contributed by atoms with van der Waals surface area (Å²) in [4.78, 5) is 4.62. The fourth-order valence-corrected chi connectivity index (χ4v) is 3.56. The van der Waals surface area contributed by atoms with Gasteiger partial charge in [-0.15, -0.1) is 10.2 Å². The number of methoxy groups -OCH3 is 1. The molecule has 0 spiro atoms. The third-order valence-corrected chi connectivity index (χ3v) is 5.24. The minimum absolute atomic E-state index is 0.466. The molecule has 0 bridgehead atoms. The van der Waals surface area contributed by atoms with Crippen molar-refractivity contribution in [3.05, 3.63) is 39.1 Å². The third-order valence-electron chi connectivity index (χ3n) is 4.53. The molecule has 0 aliphatic carbocycles. The Morgan fingerprint density at radius 1 is 1.44 bits per heavy atom. The Balaban J connectivity index is 1.91. The molecule has 1 aromatic heterocycles. The highest BCUT2D eigenvalue weighted by Crippen LogP contribution is 2.42. The molecule has 2 heterocycles. The molecule has 2 N–H and O–H groups in total. The molecule has 1 aromatic carbocycles. The zero-order chi connectivity index (χ0) is 19.6. The number of nitrogens with zero attached hydrogens (tertiary/aromatic N) is 4. The van der Waals surface area contributed by atoms with Crippen LogP contribution in [0, 0.1) is 0 Å². The Bertz CT molecular complexity index is 919. The van der Waals surface area contributed by atoms with E-state index in [2.05, 4.69) is 38.9 Å². The summed E-state index contributed by atoms with van der Waals surface area (Å²) in [6.45, 7) is 4.15. The third kappa shape index (κ3) is 3.75. The van der Waals surface area contributed by atoms with Gasteiger partial charge in [-0.1, -0.05) is 41.8 Å². The summed E-state index contributed by atoms with van der Waals surface area (Å²) < 4.78 is 7.06. The van der Waals surface area contributed by atoms with Crippen molar-refractivity contribution in [1.82, 2.24) is 14.9 Å². The number of anilines is 1. The summed E-state index contributed by atoms with van der Waals surface area (Å²) in [6.07, 6.45) is 4.29. The maximum Gasteiger partial charge on any atom is 0.271 e. The fraction of sp³-hybridized carbons (Fsp3) is 0.389. The molecule has 0 fully saturated rings. The number of fused-ring (bicyclic) bond motifs is 1. The molecule has 0 unspecified atom stereocenters. The van der Waals surface area contributed by atoms with Crippen LogP contribution in [0.1, 0.15) is 31.7 Å². The van der Waals surface area contributed by atoms with E-state index < -0.39 is 0 Å². The molecule has 3 rings (SSSR count). The largest absolute Gasteiger partial charge is 0.495 e. The van der Waals surface area contributed by atoms with Gasteiger partial charge in [-0.05, 0) is 13.3 Å². The first kappa shape index (κ1) is 19.5. The Hall–Kier alpha value is -2.25. The first-order valence-corrected chi connectivity index (χ1v) is 9.43. The van der Waals surface area contributed by atoms with Gasteiger partial charge < -0.3 is 15.5 Å². The lowest BCUT2D eigenvalue weighted by atomic mass is 10.1. The Morgan fingerprint density at radius 2 is 2.22 bits per heavy atom. The average Bonchev–Trinajstić information content (AvgIpc) is 3.27. The molecule has 0 saturated heterocycles. The first-order chi connectivity index (χ1) is 13.0. The zero-order valence-corrected chi connectivity index (χ0v) is 17.2. The zero-order valence-electron chi connectivity index (χ0n) is 15.7. The Kier molecular flexibility index (Phi) is 5.92. The molecule has 2 aromatic rings.